The molecule has 2 heterocycles. The highest BCUT2D eigenvalue weighted by atomic mass is 127. The van der Waals surface area contributed by atoms with Gasteiger partial charge in [-0.1, -0.05) is 19.1 Å². The van der Waals surface area contributed by atoms with Crippen LogP contribution in [0, 0.1) is 12.8 Å². The molecule has 1 unspecified atom stereocenters. The first-order valence-electron chi connectivity index (χ1n) is 8.14. The predicted molar refractivity (Wildman–Crippen MR) is 114 cm³/mol. The van der Waals surface area contributed by atoms with Crippen LogP contribution in [0.2, 0.25) is 0 Å². The number of nitrogens with one attached hydrogen (secondary N) is 2. The van der Waals surface area contributed by atoms with Crippen LogP contribution in [0.25, 0.3) is 0 Å². The number of rotatable bonds is 7. The lowest BCUT2D eigenvalue weighted by molar-refractivity contribution is 0.562. The highest BCUT2D eigenvalue weighted by Crippen LogP contribution is 2.13. The fourth-order valence-electron chi connectivity index (χ4n) is 2.30. The quantitative estimate of drug-likeness (QED) is 0.375. The average Bonchev–Trinajstić information content (AvgIpc) is 3.03. The number of aliphatic imine (C=N–C) groups is 1. The molecule has 0 spiro atoms. The van der Waals surface area contributed by atoms with Gasteiger partial charge in [0.25, 0.3) is 0 Å². The van der Waals surface area contributed by atoms with Gasteiger partial charge in [0.2, 0.25) is 0 Å². The minimum absolute atomic E-state index is 0. The van der Waals surface area contributed by atoms with Crippen LogP contribution in [0.4, 0.5) is 0 Å². The molecule has 0 saturated heterocycles. The number of pyridine rings is 1. The van der Waals surface area contributed by atoms with Gasteiger partial charge in [-0.15, -0.1) is 35.3 Å². The number of hydrogen-bond acceptors (Lipinski definition) is 3. The van der Waals surface area contributed by atoms with Gasteiger partial charge in [0.15, 0.2) is 5.96 Å². The molecule has 0 aromatic carbocycles. The standard InChI is InChI=1S/C18H26N4S.HI/c1-4-19-18(21-13-16-8-5-7-15(3)22-16)20-12-14(2)11-17-9-6-10-23-17;/h5-10,14H,4,11-13H2,1-3H3,(H2,19,20,21);1H. The van der Waals surface area contributed by atoms with E-state index in [4.69, 9.17) is 0 Å². The first-order valence-corrected chi connectivity index (χ1v) is 9.02. The van der Waals surface area contributed by atoms with Crippen molar-refractivity contribution in [3.05, 3.63) is 52.0 Å². The van der Waals surface area contributed by atoms with Crippen LogP contribution in [0.1, 0.15) is 30.1 Å². The summed E-state index contributed by atoms with van der Waals surface area (Å²) in [6.45, 7) is 8.70. The zero-order valence-electron chi connectivity index (χ0n) is 14.6. The Bertz CT molecular complexity index is 613. The van der Waals surface area contributed by atoms with Gasteiger partial charge in [0, 0.05) is 23.7 Å². The predicted octanol–water partition coefficient (Wildman–Crippen LogP) is 4.00. The van der Waals surface area contributed by atoms with E-state index in [-0.39, 0.29) is 24.0 Å². The van der Waals surface area contributed by atoms with E-state index in [9.17, 15) is 0 Å². The molecule has 0 saturated carbocycles. The molecule has 0 radical (unpaired) electrons. The second-order valence-corrected chi connectivity index (χ2v) is 6.77. The van der Waals surface area contributed by atoms with Crippen LogP contribution in [0.15, 0.2) is 40.7 Å². The lowest BCUT2D eigenvalue weighted by atomic mass is 10.1. The molecule has 132 valence electrons. The van der Waals surface area contributed by atoms with Gasteiger partial charge in [0.05, 0.1) is 12.2 Å². The van der Waals surface area contributed by atoms with Crippen LogP contribution < -0.4 is 10.6 Å². The Morgan fingerprint density at radius 2 is 2.08 bits per heavy atom. The van der Waals surface area contributed by atoms with Gasteiger partial charge in [-0.2, -0.15) is 0 Å². The van der Waals surface area contributed by atoms with Gasteiger partial charge in [0.1, 0.15) is 0 Å². The summed E-state index contributed by atoms with van der Waals surface area (Å²) >= 11 is 1.82. The number of thiophene rings is 1. The van der Waals surface area contributed by atoms with Crippen molar-refractivity contribution in [2.75, 3.05) is 13.1 Å². The van der Waals surface area contributed by atoms with Crippen molar-refractivity contribution in [2.45, 2.75) is 33.7 Å². The van der Waals surface area contributed by atoms with E-state index >= 15 is 0 Å². The fourth-order valence-corrected chi connectivity index (χ4v) is 3.17. The molecule has 4 nitrogen and oxygen atoms in total. The molecule has 2 N–H and O–H groups in total. The summed E-state index contributed by atoms with van der Waals surface area (Å²) in [5, 5.41) is 8.86. The highest BCUT2D eigenvalue weighted by molar-refractivity contribution is 14.0. The monoisotopic (exact) mass is 458 g/mol. The summed E-state index contributed by atoms with van der Waals surface area (Å²) in [6, 6.07) is 10.4. The molecule has 0 aliphatic rings. The van der Waals surface area contributed by atoms with Gasteiger partial charge in [-0.05, 0) is 49.8 Å². The Labute approximate surface area is 166 Å². The third-order valence-electron chi connectivity index (χ3n) is 3.44. The molecule has 2 rings (SSSR count). The minimum Gasteiger partial charge on any atom is -0.357 e. The largest absolute Gasteiger partial charge is 0.357 e. The lowest BCUT2D eigenvalue weighted by Crippen LogP contribution is -2.39. The van der Waals surface area contributed by atoms with Crippen molar-refractivity contribution in [3.8, 4) is 0 Å². The number of aromatic nitrogens is 1. The van der Waals surface area contributed by atoms with Crippen LogP contribution in [-0.4, -0.2) is 24.0 Å². The van der Waals surface area contributed by atoms with Gasteiger partial charge >= 0.3 is 0 Å². The summed E-state index contributed by atoms with van der Waals surface area (Å²) in [7, 11) is 0. The molecular weight excluding hydrogens is 431 g/mol. The number of halogens is 1. The number of nitrogens with zero attached hydrogens (tertiary/aromatic N) is 2. The van der Waals surface area contributed by atoms with Crippen molar-refractivity contribution < 1.29 is 0 Å². The smallest absolute Gasteiger partial charge is 0.191 e. The number of aryl methyl sites for hydroxylation is 1. The molecule has 6 heteroatoms. The van der Waals surface area contributed by atoms with E-state index in [2.05, 4.69) is 52.0 Å². The minimum atomic E-state index is 0. The van der Waals surface area contributed by atoms with E-state index in [1.165, 1.54) is 4.88 Å². The molecule has 24 heavy (non-hydrogen) atoms. The highest BCUT2D eigenvalue weighted by Gasteiger charge is 2.06. The van der Waals surface area contributed by atoms with Gasteiger partial charge in [-0.25, -0.2) is 4.99 Å². The molecule has 1 atom stereocenters. The third kappa shape index (κ3) is 7.61. The maximum atomic E-state index is 4.63. The van der Waals surface area contributed by atoms with Crippen molar-refractivity contribution in [1.29, 1.82) is 0 Å². The molecule has 2 aromatic heterocycles. The van der Waals surface area contributed by atoms with Gasteiger partial charge < -0.3 is 10.6 Å². The number of hydrogen-bond donors (Lipinski definition) is 2. The Hall–Kier alpha value is -1.15. The second kappa shape index (κ2) is 11.4. The SMILES string of the molecule is CCNC(=NCc1cccc(C)n1)NCC(C)Cc1cccs1.I. The topological polar surface area (TPSA) is 49.3 Å². The fraction of sp³-hybridized carbons (Fsp3) is 0.444. The first-order chi connectivity index (χ1) is 11.2. The van der Waals surface area contributed by atoms with Crippen LogP contribution in [0.3, 0.4) is 0 Å². The molecule has 0 fully saturated rings. The zero-order valence-corrected chi connectivity index (χ0v) is 17.7. The molecule has 0 bridgehead atoms. The van der Waals surface area contributed by atoms with Crippen molar-refractivity contribution >= 4 is 41.3 Å². The summed E-state index contributed by atoms with van der Waals surface area (Å²) in [4.78, 5) is 10.6. The Kier molecular flexibility index (Phi) is 9.94. The third-order valence-corrected chi connectivity index (χ3v) is 4.34. The van der Waals surface area contributed by atoms with E-state index in [1.807, 2.05) is 36.5 Å². The normalized spacial score (nSPS) is 12.4. The zero-order chi connectivity index (χ0) is 16.5. The molecule has 0 amide bonds. The second-order valence-electron chi connectivity index (χ2n) is 5.74. The van der Waals surface area contributed by atoms with Crippen molar-refractivity contribution in [2.24, 2.45) is 10.9 Å². The van der Waals surface area contributed by atoms with Crippen molar-refractivity contribution in [3.63, 3.8) is 0 Å². The Morgan fingerprint density at radius 3 is 2.75 bits per heavy atom. The van der Waals surface area contributed by atoms with Crippen molar-refractivity contribution in [1.82, 2.24) is 15.6 Å². The average molecular weight is 458 g/mol. The maximum absolute atomic E-state index is 4.63. The first kappa shape index (κ1) is 20.9. The number of guanidine groups is 1. The van der Waals surface area contributed by atoms with Crippen LogP contribution >= 0.6 is 35.3 Å². The molecule has 0 aliphatic heterocycles. The summed E-state index contributed by atoms with van der Waals surface area (Å²) < 4.78 is 0. The van der Waals surface area contributed by atoms with Crippen LogP contribution in [0.5, 0.6) is 0 Å². The summed E-state index contributed by atoms with van der Waals surface area (Å²) in [5.74, 6) is 1.42. The van der Waals surface area contributed by atoms with E-state index in [0.29, 0.717) is 12.5 Å². The lowest BCUT2D eigenvalue weighted by Gasteiger charge is -2.15. The van der Waals surface area contributed by atoms with Crippen LogP contribution in [-0.2, 0) is 13.0 Å². The molecular formula is C18H27IN4S. The van der Waals surface area contributed by atoms with E-state index in [1.54, 1.807) is 0 Å². The molecule has 0 aliphatic carbocycles. The van der Waals surface area contributed by atoms with E-state index in [0.717, 1.165) is 36.9 Å². The summed E-state index contributed by atoms with van der Waals surface area (Å²) in [5.41, 5.74) is 2.02. The Morgan fingerprint density at radius 1 is 1.25 bits per heavy atom. The van der Waals surface area contributed by atoms with E-state index < -0.39 is 0 Å². The summed E-state index contributed by atoms with van der Waals surface area (Å²) in [6.07, 6.45) is 1.10. The van der Waals surface area contributed by atoms with Gasteiger partial charge in [-0.3, -0.25) is 4.98 Å². The molecule has 2 aromatic rings. The Balaban J connectivity index is 0.00000288. The maximum Gasteiger partial charge on any atom is 0.191 e.